The lowest BCUT2D eigenvalue weighted by atomic mass is 9.56. The normalized spacial score (nSPS) is 13.9. The molecule has 0 saturated carbocycles. The lowest BCUT2D eigenvalue weighted by Crippen LogP contribution is -2.44. The first kappa shape index (κ1) is 17.8. The quantitative estimate of drug-likeness (QED) is 0.411. The largest absolute Gasteiger partial charge is 0.478 e. The number of rotatable bonds is 8. The van der Waals surface area contributed by atoms with Crippen molar-refractivity contribution in [2.24, 2.45) is 5.92 Å². The van der Waals surface area contributed by atoms with Gasteiger partial charge in [-0.05, 0) is 19.3 Å². The highest BCUT2D eigenvalue weighted by Gasteiger charge is 2.30. The predicted molar refractivity (Wildman–Crippen MR) is 75.0 cm³/mol. The van der Waals surface area contributed by atoms with E-state index in [9.17, 15) is 9.59 Å². The monoisotopic (exact) mass is 262 g/mol. The van der Waals surface area contributed by atoms with E-state index in [0.29, 0.717) is 6.42 Å². The lowest BCUT2D eigenvalue weighted by molar-refractivity contribution is -0.146. The van der Waals surface area contributed by atoms with E-state index in [0.717, 1.165) is 25.3 Å². The van der Waals surface area contributed by atoms with E-state index in [-0.39, 0.29) is 11.5 Å². The molecule has 0 bridgehead atoms. The molecule has 1 atom stereocenters. The number of unbranched alkanes of at least 4 members (excludes halogenated alkanes) is 1. The maximum atomic E-state index is 11.7. The second-order valence-corrected chi connectivity index (χ2v) is 4.66. The maximum Gasteiger partial charge on any atom is 0.332 e. The summed E-state index contributed by atoms with van der Waals surface area (Å²) < 4.78 is 5.04. The lowest BCUT2D eigenvalue weighted by Gasteiger charge is -2.35. The van der Waals surface area contributed by atoms with Crippen molar-refractivity contribution in [3.05, 3.63) is 11.6 Å². The van der Waals surface area contributed by atoms with Crippen molar-refractivity contribution in [1.82, 2.24) is 0 Å². The Kier molecular flexibility index (Phi) is 7.57. The fourth-order valence-corrected chi connectivity index (χ4v) is 1.77. The van der Waals surface area contributed by atoms with Crippen LogP contribution in [-0.2, 0) is 14.3 Å². The zero-order valence-electron chi connectivity index (χ0n) is 11.8. The number of carboxylic acid groups (broad SMARTS) is 1. The first-order valence-corrected chi connectivity index (χ1v) is 6.46. The third-order valence-electron chi connectivity index (χ3n) is 2.97. The Balaban J connectivity index is 4.73. The molecule has 0 aromatic heterocycles. The van der Waals surface area contributed by atoms with Gasteiger partial charge in [0.25, 0.3) is 0 Å². The van der Waals surface area contributed by atoms with Gasteiger partial charge in [-0.25, -0.2) is 9.59 Å². The third kappa shape index (κ3) is 6.50. The van der Waals surface area contributed by atoms with Gasteiger partial charge in [-0.1, -0.05) is 33.1 Å². The Bertz CT molecular complexity index is 351. The Hall–Kier alpha value is -1.19. The molecule has 0 saturated heterocycles. The van der Waals surface area contributed by atoms with Crippen LogP contribution >= 0.6 is 0 Å². The Labute approximate surface area is 117 Å². The van der Waals surface area contributed by atoms with Gasteiger partial charge in [0.1, 0.15) is 15.7 Å². The highest BCUT2D eigenvalue weighted by molar-refractivity contribution is 6.40. The van der Waals surface area contributed by atoms with Crippen molar-refractivity contribution in [2.75, 3.05) is 0 Å². The molecule has 0 rings (SSSR count). The zero-order chi connectivity index (χ0) is 15.1. The molecule has 4 radical (unpaired) electrons. The summed E-state index contributed by atoms with van der Waals surface area (Å²) in [7, 11) is 11.7. The first-order chi connectivity index (χ1) is 8.74. The highest BCUT2D eigenvalue weighted by Crippen LogP contribution is 2.25. The number of carboxylic acids is 1. The molecule has 0 aliphatic rings. The van der Waals surface area contributed by atoms with Crippen LogP contribution in [0.2, 0.25) is 0 Å². The van der Waals surface area contributed by atoms with Gasteiger partial charge >= 0.3 is 11.9 Å². The summed E-state index contributed by atoms with van der Waals surface area (Å²) in [5.74, 6) is -2.18. The third-order valence-corrected chi connectivity index (χ3v) is 2.97. The van der Waals surface area contributed by atoms with Crippen molar-refractivity contribution in [2.45, 2.75) is 51.9 Å². The summed E-state index contributed by atoms with van der Waals surface area (Å²) in [4.78, 5) is 22.1. The molecule has 0 heterocycles. The topological polar surface area (TPSA) is 63.6 Å². The number of carbonyl (C=O) groups excluding carboxylic acids is 1. The maximum absolute atomic E-state index is 11.7. The zero-order valence-corrected chi connectivity index (χ0v) is 11.8. The molecule has 0 aliphatic heterocycles. The molecule has 0 amide bonds. The van der Waals surface area contributed by atoms with Crippen LogP contribution in [-0.4, -0.2) is 38.1 Å². The van der Waals surface area contributed by atoms with Gasteiger partial charge in [-0.2, -0.15) is 0 Å². The minimum absolute atomic E-state index is 0.0434. The van der Waals surface area contributed by atoms with Crippen LogP contribution in [0.25, 0.3) is 0 Å². The van der Waals surface area contributed by atoms with E-state index < -0.39 is 17.3 Å². The smallest absolute Gasteiger partial charge is 0.332 e. The average Bonchev–Trinajstić information content (AvgIpc) is 2.28. The number of hydrogen-bond acceptors (Lipinski definition) is 3. The van der Waals surface area contributed by atoms with Crippen molar-refractivity contribution in [1.29, 1.82) is 0 Å². The minimum atomic E-state index is -1.57. The van der Waals surface area contributed by atoms with E-state index in [1.165, 1.54) is 6.92 Å². The summed E-state index contributed by atoms with van der Waals surface area (Å²) in [5, 5.41) is 6.98. The minimum Gasteiger partial charge on any atom is -0.478 e. The summed E-state index contributed by atoms with van der Waals surface area (Å²) in [6.45, 7) is 5.31. The van der Waals surface area contributed by atoms with Crippen LogP contribution in [0.3, 0.4) is 0 Å². The number of hydrogen-bond donors (Lipinski definition) is 1. The molecule has 4 nitrogen and oxygen atoms in total. The molecule has 102 valence electrons. The number of carbonyl (C=O) groups is 2. The number of aliphatic carboxylic acids is 1. The molecule has 1 N–H and O–H groups in total. The van der Waals surface area contributed by atoms with Gasteiger partial charge in [0.15, 0.2) is 0 Å². The van der Waals surface area contributed by atoms with Crippen LogP contribution in [0.4, 0.5) is 0 Å². The van der Waals surface area contributed by atoms with E-state index in [2.05, 4.69) is 0 Å². The molecular weight excluding hydrogens is 242 g/mol. The van der Waals surface area contributed by atoms with Crippen LogP contribution in [0.5, 0.6) is 0 Å². The van der Waals surface area contributed by atoms with E-state index in [1.54, 1.807) is 0 Å². The molecule has 0 spiro atoms. The molecular formula is C13H20B2O4. The first-order valence-electron chi connectivity index (χ1n) is 6.46. The van der Waals surface area contributed by atoms with Crippen molar-refractivity contribution >= 4 is 27.6 Å². The fraction of sp³-hybridized carbons (Fsp3) is 0.692. The van der Waals surface area contributed by atoms with Gasteiger partial charge in [0.2, 0.25) is 0 Å². The molecule has 6 heteroatoms. The average molecular weight is 262 g/mol. The highest BCUT2D eigenvalue weighted by atomic mass is 16.5. The van der Waals surface area contributed by atoms with Crippen LogP contribution in [0.15, 0.2) is 11.6 Å². The molecule has 0 fully saturated rings. The Morgan fingerprint density at radius 3 is 2.37 bits per heavy atom. The standard InChI is InChI=1S/C13H20B2O4/c1-4-6-7-10(5-2)13(14,15)19-12(18)9(3)8-11(16)17/h8,10H,4-7H2,1-3H3,(H,16,17)/b9-8+. The second kappa shape index (κ2) is 8.08. The summed E-state index contributed by atoms with van der Waals surface area (Å²) in [5.41, 5.74) is -0.0434. The van der Waals surface area contributed by atoms with Gasteiger partial charge in [-0.3, -0.25) is 0 Å². The molecule has 0 aliphatic carbocycles. The van der Waals surface area contributed by atoms with Gasteiger partial charge in [0, 0.05) is 17.0 Å². The molecule has 19 heavy (non-hydrogen) atoms. The fourth-order valence-electron chi connectivity index (χ4n) is 1.77. The van der Waals surface area contributed by atoms with Crippen LogP contribution < -0.4 is 0 Å². The van der Waals surface area contributed by atoms with Gasteiger partial charge in [0.05, 0.1) is 0 Å². The summed E-state index contributed by atoms with van der Waals surface area (Å²) >= 11 is 0. The van der Waals surface area contributed by atoms with Crippen molar-refractivity contribution in [3.8, 4) is 0 Å². The van der Waals surface area contributed by atoms with Crippen LogP contribution in [0.1, 0.15) is 46.5 Å². The van der Waals surface area contributed by atoms with Gasteiger partial charge < -0.3 is 9.84 Å². The van der Waals surface area contributed by atoms with E-state index in [4.69, 9.17) is 25.5 Å². The van der Waals surface area contributed by atoms with Crippen molar-refractivity contribution < 1.29 is 19.4 Å². The summed E-state index contributed by atoms with van der Waals surface area (Å²) in [6.07, 6.45) is 4.15. The van der Waals surface area contributed by atoms with Crippen molar-refractivity contribution in [3.63, 3.8) is 0 Å². The molecule has 1 unspecified atom stereocenters. The van der Waals surface area contributed by atoms with E-state index >= 15 is 0 Å². The Morgan fingerprint density at radius 2 is 1.95 bits per heavy atom. The molecule has 0 aromatic rings. The number of esters is 1. The van der Waals surface area contributed by atoms with Gasteiger partial charge in [-0.15, -0.1) is 0 Å². The molecule has 0 aromatic carbocycles. The number of ether oxygens (including phenoxy) is 1. The predicted octanol–water partition coefficient (Wildman–Crippen LogP) is 1.77. The SMILES string of the molecule is [B]C([B])(OC(=O)/C(C)=C/C(=O)O)C(CC)CCCC. The van der Waals surface area contributed by atoms with E-state index in [1.807, 2.05) is 13.8 Å². The second-order valence-electron chi connectivity index (χ2n) is 4.66. The Morgan fingerprint density at radius 1 is 1.37 bits per heavy atom. The van der Waals surface area contributed by atoms with Crippen LogP contribution in [0, 0.1) is 5.92 Å². The summed E-state index contributed by atoms with van der Waals surface area (Å²) in [6, 6.07) is 0.